The van der Waals surface area contributed by atoms with Gasteiger partial charge in [-0.3, -0.25) is 0 Å². The molecule has 1 saturated carbocycles. The second-order valence-electron chi connectivity index (χ2n) is 5.54. The molecular formula is C11H19NO. The predicted octanol–water partition coefficient (Wildman–Crippen LogP) is 2.69. The highest BCUT2D eigenvalue weighted by Crippen LogP contribution is 2.49. The molecule has 1 aliphatic carbocycles. The third kappa shape index (κ3) is 1.11. The van der Waals surface area contributed by atoms with E-state index in [-0.39, 0.29) is 5.41 Å². The molecule has 0 unspecified atom stereocenters. The average Bonchev–Trinajstić information content (AvgIpc) is 2.42. The molecule has 74 valence electrons. The van der Waals surface area contributed by atoms with E-state index in [1.54, 1.807) is 0 Å². The summed E-state index contributed by atoms with van der Waals surface area (Å²) in [5, 5.41) is 4.25. The van der Waals surface area contributed by atoms with Crippen LogP contribution in [0.2, 0.25) is 0 Å². The van der Waals surface area contributed by atoms with E-state index in [9.17, 15) is 0 Å². The van der Waals surface area contributed by atoms with E-state index in [2.05, 4.69) is 39.8 Å². The smallest absolute Gasteiger partial charge is 0.138 e. The van der Waals surface area contributed by atoms with Crippen molar-refractivity contribution in [3.05, 3.63) is 0 Å². The first kappa shape index (κ1) is 9.04. The second kappa shape index (κ2) is 2.49. The summed E-state index contributed by atoms with van der Waals surface area (Å²) >= 11 is 0. The highest BCUT2D eigenvalue weighted by atomic mass is 16.6. The van der Waals surface area contributed by atoms with Crippen LogP contribution in [0.25, 0.3) is 0 Å². The fourth-order valence-corrected chi connectivity index (χ4v) is 2.49. The molecule has 0 saturated heterocycles. The van der Waals surface area contributed by atoms with Gasteiger partial charge in [0.1, 0.15) is 6.10 Å². The fourth-order valence-electron chi connectivity index (χ4n) is 2.49. The van der Waals surface area contributed by atoms with Crippen molar-refractivity contribution in [2.75, 3.05) is 0 Å². The first-order valence-corrected chi connectivity index (χ1v) is 5.17. The standard InChI is InChI=1S/C11H19NO/c1-6-7(2)9-8(6)10(12-13-9)11(3,4)5/h6-9H,1-5H3/t6-,7+,8-,9+/m0/s1. The van der Waals surface area contributed by atoms with Crippen LogP contribution in [0.3, 0.4) is 0 Å². The highest BCUT2D eigenvalue weighted by Gasteiger charge is 2.55. The van der Waals surface area contributed by atoms with Crippen LogP contribution in [0.1, 0.15) is 34.6 Å². The molecule has 0 aromatic rings. The maximum absolute atomic E-state index is 5.46. The molecule has 0 aromatic carbocycles. The van der Waals surface area contributed by atoms with Gasteiger partial charge in [0.25, 0.3) is 0 Å². The van der Waals surface area contributed by atoms with Crippen molar-refractivity contribution in [2.24, 2.45) is 28.3 Å². The molecule has 2 aliphatic rings. The van der Waals surface area contributed by atoms with Crippen molar-refractivity contribution in [3.8, 4) is 0 Å². The van der Waals surface area contributed by atoms with E-state index in [1.165, 1.54) is 5.71 Å². The molecule has 1 fully saturated rings. The van der Waals surface area contributed by atoms with Crippen LogP contribution >= 0.6 is 0 Å². The molecule has 4 atom stereocenters. The normalized spacial score (nSPS) is 43.3. The molecule has 0 bridgehead atoms. The third-order valence-electron chi connectivity index (χ3n) is 3.62. The van der Waals surface area contributed by atoms with Crippen molar-refractivity contribution in [3.63, 3.8) is 0 Å². The Morgan fingerprint density at radius 2 is 1.77 bits per heavy atom. The summed E-state index contributed by atoms with van der Waals surface area (Å²) in [6.07, 6.45) is 0.379. The van der Waals surface area contributed by atoms with Crippen LogP contribution in [0, 0.1) is 23.2 Å². The van der Waals surface area contributed by atoms with Gasteiger partial charge in [-0.25, -0.2) is 0 Å². The van der Waals surface area contributed by atoms with Crippen LogP contribution in [-0.2, 0) is 4.84 Å². The van der Waals surface area contributed by atoms with Crippen molar-refractivity contribution >= 4 is 5.71 Å². The van der Waals surface area contributed by atoms with Gasteiger partial charge in [-0.2, -0.15) is 0 Å². The zero-order chi connectivity index (χ0) is 9.80. The lowest BCUT2D eigenvalue weighted by atomic mass is 9.59. The van der Waals surface area contributed by atoms with Crippen LogP contribution in [0.4, 0.5) is 0 Å². The van der Waals surface area contributed by atoms with Gasteiger partial charge in [-0.05, 0) is 11.8 Å². The monoisotopic (exact) mass is 181 g/mol. The van der Waals surface area contributed by atoms with E-state index >= 15 is 0 Å². The fraction of sp³-hybridized carbons (Fsp3) is 0.909. The summed E-state index contributed by atoms with van der Waals surface area (Å²) in [6, 6.07) is 0. The lowest BCUT2D eigenvalue weighted by Crippen LogP contribution is -2.51. The van der Waals surface area contributed by atoms with Crippen LogP contribution in [0.5, 0.6) is 0 Å². The minimum Gasteiger partial charge on any atom is -0.392 e. The first-order valence-electron chi connectivity index (χ1n) is 5.17. The van der Waals surface area contributed by atoms with Crippen molar-refractivity contribution < 1.29 is 4.84 Å². The summed E-state index contributed by atoms with van der Waals surface area (Å²) in [5.74, 6) is 2.01. The molecule has 0 radical (unpaired) electrons. The first-order chi connectivity index (χ1) is 5.93. The maximum Gasteiger partial charge on any atom is 0.138 e. The van der Waals surface area contributed by atoms with Crippen molar-refractivity contribution in [1.82, 2.24) is 0 Å². The molecule has 0 amide bonds. The number of fused-ring (bicyclic) bond motifs is 1. The van der Waals surface area contributed by atoms with Crippen LogP contribution < -0.4 is 0 Å². The maximum atomic E-state index is 5.46. The Labute approximate surface area is 80.3 Å². The Morgan fingerprint density at radius 1 is 1.15 bits per heavy atom. The molecule has 1 heterocycles. The molecule has 2 nitrogen and oxygen atoms in total. The molecular weight excluding hydrogens is 162 g/mol. The Morgan fingerprint density at radius 3 is 2.31 bits per heavy atom. The van der Waals surface area contributed by atoms with E-state index in [0.29, 0.717) is 17.9 Å². The summed E-state index contributed by atoms with van der Waals surface area (Å²) < 4.78 is 0. The van der Waals surface area contributed by atoms with Gasteiger partial charge in [0, 0.05) is 11.3 Å². The van der Waals surface area contributed by atoms with Gasteiger partial charge in [-0.15, -0.1) is 0 Å². The SMILES string of the molecule is C[C@@H]1[C@H](C)[C@@H]2C(C(C)(C)C)=NO[C@H]12. The van der Waals surface area contributed by atoms with Gasteiger partial charge in [0.15, 0.2) is 0 Å². The zero-order valence-corrected chi connectivity index (χ0v) is 9.16. The topological polar surface area (TPSA) is 21.6 Å². The van der Waals surface area contributed by atoms with Gasteiger partial charge < -0.3 is 4.84 Å². The van der Waals surface area contributed by atoms with E-state index in [1.807, 2.05) is 0 Å². The lowest BCUT2D eigenvalue weighted by molar-refractivity contribution is -0.0764. The molecule has 2 heteroatoms. The predicted molar refractivity (Wildman–Crippen MR) is 53.6 cm³/mol. The van der Waals surface area contributed by atoms with Crippen LogP contribution in [-0.4, -0.2) is 11.8 Å². The number of oxime groups is 1. The zero-order valence-electron chi connectivity index (χ0n) is 9.16. The Kier molecular flexibility index (Phi) is 1.73. The minimum atomic E-state index is 0.174. The Hall–Kier alpha value is -0.530. The number of hydrogen-bond acceptors (Lipinski definition) is 2. The van der Waals surface area contributed by atoms with Crippen LogP contribution in [0.15, 0.2) is 5.16 Å². The van der Waals surface area contributed by atoms with E-state index in [0.717, 1.165) is 5.92 Å². The second-order valence-corrected chi connectivity index (χ2v) is 5.54. The van der Waals surface area contributed by atoms with Gasteiger partial charge in [0.05, 0.1) is 5.71 Å². The van der Waals surface area contributed by atoms with Gasteiger partial charge in [-0.1, -0.05) is 39.8 Å². The van der Waals surface area contributed by atoms with Crippen molar-refractivity contribution in [2.45, 2.75) is 40.7 Å². The van der Waals surface area contributed by atoms with Gasteiger partial charge >= 0.3 is 0 Å². The third-order valence-corrected chi connectivity index (χ3v) is 3.62. The molecule has 1 aliphatic heterocycles. The number of rotatable bonds is 0. The molecule has 0 spiro atoms. The average molecular weight is 181 g/mol. The summed E-state index contributed by atoms with van der Waals surface area (Å²) in [5.41, 5.74) is 1.44. The largest absolute Gasteiger partial charge is 0.392 e. The molecule has 2 rings (SSSR count). The van der Waals surface area contributed by atoms with Gasteiger partial charge in [0.2, 0.25) is 0 Å². The Bertz CT molecular complexity index is 251. The summed E-state index contributed by atoms with van der Waals surface area (Å²) in [4.78, 5) is 5.46. The van der Waals surface area contributed by atoms with E-state index < -0.39 is 0 Å². The Balaban J connectivity index is 2.18. The molecule has 0 aromatic heterocycles. The quantitative estimate of drug-likeness (QED) is 0.563. The van der Waals surface area contributed by atoms with Crippen molar-refractivity contribution in [1.29, 1.82) is 0 Å². The number of hydrogen-bond donors (Lipinski definition) is 0. The summed E-state index contributed by atoms with van der Waals surface area (Å²) in [7, 11) is 0. The summed E-state index contributed by atoms with van der Waals surface area (Å²) in [6.45, 7) is 11.2. The minimum absolute atomic E-state index is 0.174. The molecule has 13 heavy (non-hydrogen) atoms. The lowest BCUT2D eigenvalue weighted by Gasteiger charge is -2.44. The van der Waals surface area contributed by atoms with E-state index in [4.69, 9.17) is 4.84 Å². The molecule has 0 N–H and O–H groups in total. The number of nitrogens with zero attached hydrogens (tertiary/aromatic N) is 1. The highest BCUT2D eigenvalue weighted by molar-refractivity contribution is 5.93.